The summed E-state index contributed by atoms with van der Waals surface area (Å²) < 4.78 is 18.8. The van der Waals surface area contributed by atoms with Crippen LogP contribution in [0.5, 0.6) is 0 Å². The molecule has 1 aromatic carbocycles. The number of carbonyl (C=O) groups excluding carboxylic acids is 1. The van der Waals surface area contributed by atoms with Crippen LogP contribution in [0.2, 0.25) is 0 Å². The van der Waals surface area contributed by atoms with Crippen molar-refractivity contribution < 1.29 is 13.9 Å². The molecule has 6 heteroatoms. The van der Waals surface area contributed by atoms with Crippen LogP contribution >= 0.6 is 11.3 Å². The van der Waals surface area contributed by atoms with E-state index < -0.39 is 0 Å². The standard InChI is InChI=1S/C21H25FN2O2S/c22-17-7-5-15(6-8-17)18(24-9-11-26-12-10-24)14-23-21(25)20-13-16-3-1-2-4-19(16)27-20/h5-8,13,18H,1-4,9-12,14H2,(H,23,25). The summed E-state index contributed by atoms with van der Waals surface area (Å²) in [5.74, 6) is -0.248. The maximum Gasteiger partial charge on any atom is 0.261 e. The highest BCUT2D eigenvalue weighted by atomic mass is 32.1. The average Bonchev–Trinajstić information content (AvgIpc) is 3.14. The van der Waals surface area contributed by atoms with Crippen LogP contribution in [0.3, 0.4) is 0 Å². The van der Waals surface area contributed by atoms with Gasteiger partial charge in [0, 0.05) is 24.5 Å². The summed E-state index contributed by atoms with van der Waals surface area (Å²) in [5.41, 5.74) is 2.36. The number of nitrogens with one attached hydrogen (secondary N) is 1. The molecule has 4 rings (SSSR count). The van der Waals surface area contributed by atoms with Gasteiger partial charge in [-0.25, -0.2) is 4.39 Å². The van der Waals surface area contributed by atoms with Gasteiger partial charge in [0.1, 0.15) is 5.82 Å². The van der Waals surface area contributed by atoms with E-state index in [4.69, 9.17) is 4.74 Å². The highest BCUT2D eigenvalue weighted by Gasteiger charge is 2.24. The van der Waals surface area contributed by atoms with Gasteiger partial charge in [0.15, 0.2) is 0 Å². The van der Waals surface area contributed by atoms with E-state index in [1.54, 1.807) is 11.3 Å². The molecule has 0 spiro atoms. The predicted octanol–water partition coefficient (Wildman–Crippen LogP) is 3.57. The van der Waals surface area contributed by atoms with Crippen molar-refractivity contribution in [3.63, 3.8) is 0 Å². The van der Waals surface area contributed by atoms with E-state index in [0.29, 0.717) is 19.8 Å². The van der Waals surface area contributed by atoms with Crippen LogP contribution in [0.4, 0.5) is 4.39 Å². The van der Waals surface area contributed by atoms with Gasteiger partial charge in [0.2, 0.25) is 0 Å². The van der Waals surface area contributed by atoms with Crippen molar-refractivity contribution in [3.8, 4) is 0 Å². The van der Waals surface area contributed by atoms with E-state index in [0.717, 1.165) is 36.4 Å². The number of ether oxygens (including phenoxy) is 1. The van der Waals surface area contributed by atoms with Crippen LogP contribution < -0.4 is 5.32 Å². The van der Waals surface area contributed by atoms with Crippen LogP contribution in [0.25, 0.3) is 0 Å². The topological polar surface area (TPSA) is 41.6 Å². The number of hydrogen-bond donors (Lipinski definition) is 1. The van der Waals surface area contributed by atoms with Crippen LogP contribution in [0, 0.1) is 5.82 Å². The van der Waals surface area contributed by atoms with Crippen molar-refractivity contribution in [2.75, 3.05) is 32.8 Å². The van der Waals surface area contributed by atoms with E-state index in [9.17, 15) is 9.18 Å². The van der Waals surface area contributed by atoms with Gasteiger partial charge in [-0.05, 0) is 55.0 Å². The summed E-state index contributed by atoms with van der Waals surface area (Å²) in [6.45, 7) is 3.50. The van der Waals surface area contributed by atoms with Crippen molar-refractivity contribution in [3.05, 3.63) is 57.0 Å². The maximum atomic E-state index is 13.3. The van der Waals surface area contributed by atoms with Gasteiger partial charge in [-0.2, -0.15) is 0 Å². The van der Waals surface area contributed by atoms with Gasteiger partial charge in [0.25, 0.3) is 5.91 Å². The molecule has 27 heavy (non-hydrogen) atoms. The fraction of sp³-hybridized carbons (Fsp3) is 0.476. The zero-order valence-electron chi connectivity index (χ0n) is 15.4. The number of hydrogen-bond acceptors (Lipinski definition) is 4. The minimum absolute atomic E-state index is 0.00484. The lowest BCUT2D eigenvalue weighted by molar-refractivity contribution is 0.0162. The van der Waals surface area contributed by atoms with E-state index in [-0.39, 0.29) is 17.8 Å². The summed E-state index contributed by atoms with van der Waals surface area (Å²) in [4.78, 5) is 17.2. The van der Waals surface area contributed by atoms with Crippen molar-refractivity contribution in [1.29, 1.82) is 0 Å². The normalized spacial score (nSPS) is 18.7. The first kappa shape index (κ1) is 18.6. The molecule has 1 aliphatic carbocycles. The molecule has 1 aliphatic heterocycles. The van der Waals surface area contributed by atoms with Crippen LogP contribution in [0.15, 0.2) is 30.3 Å². The van der Waals surface area contributed by atoms with E-state index in [1.807, 2.05) is 12.1 Å². The minimum atomic E-state index is -0.243. The molecule has 1 N–H and O–H groups in total. The first-order valence-corrected chi connectivity index (χ1v) is 10.5. The van der Waals surface area contributed by atoms with Gasteiger partial charge < -0.3 is 10.1 Å². The molecule has 1 fully saturated rings. The third-order valence-electron chi connectivity index (χ3n) is 5.42. The van der Waals surface area contributed by atoms with Crippen molar-refractivity contribution >= 4 is 17.2 Å². The Balaban J connectivity index is 1.46. The number of nitrogens with zero attached hydrogens (tertiary/aromatic N) is 1. The average molecular weight is 389 g/mol. The molecular weight excluding hydrogens is 363 g/mol. The summed E-state index contributed by atoms with van der Waals surface area (Å²) in [6, 6.07) is 8.68. The van der Waals surface area contributed by atoms with Gasteiger partial charge in [-0.3, -0.25) is 9.69 Å². The summed E-state index contributed by atoms with van der Waals surface area (Å²) in [5, 5.41) is 3.11. The zero-order chi connectivity index (χ0) is 18.6. The van der Waals surface area contributed by atoms with Crippen LogP contribution in [-0.4, -0.2) is 43.7 Å². The molecule has 1 saturated heterocycles. The number of morpholine rings is 1. The summed E-state index contributed by atoms with van der Waals surface area (Å²) >= 11 is 1.63. The smallest absolute Gasteiger partial charge is 0.261 e. The number of thiophene rings is 1. The van der Waals surface area contributed by atoms with Crippen molar-refractivity contribution in [2.45, 2.75) is 31.7 Å². The third kappa shape index (κ3) is 4.39. The van der Waals surface area contributed by atoms with Crippen molar-refractivity contribution in [2.24, 2.45) is 0 Å². The Kier molecular flexibility index (Phi) is 5.86. The molecule has 144 valence electrons. The lowest BCUT2D eigenvalue weighted by atomic mass is 9.99. The highest BCUT2D eigenvalue weighted by molar-refractivity contribution is 7.14. The molecular formula is C21H25FN2O2S. The monoisotopic (exact) mass is 388 g/mol. The molecule has 1 amide bonds. The first-order valence-electron chi connectivity index (χ1n) is 9.68. The number of amides is 1. The maximum absolute atomic E-state index is 13.3. The predicted molar refractivity (Wildman–Crippen MR) is 105 cm³/mol. The molecule has 1 aromatic heterocycles. The van der Waals surface area contributed by atoms with Crippen LogP contribution in [-0.2, 0) is 17.6 Å². The minimum Gasteiger partial charge on any atom is -0.379 e. The molecule has 1 atom stereocenters. The molecule has 2 aromatic rings. The number of benzene rings is 1. The molecule has 1 unspecified atom stereocenters. The second-order valence-corrected chi connectivity index (χ2v) is 8.33. The molecule has 4 nitrogen and oxygen atoms in total. The van der Waals surface area contributed by atoms with E-state index in [2.05, 4.69) is 16.3 Å². The van der Waals surface area contributed by atoms with Gasteiger partial charge in [0.05, 0.1) is 24.1 Å². The van der Waals surface area contributed by atoms with E-state index in [1.165, 1.54) is 35.4 Å². The second kappa shape index (κ2) is 8.50. The highest BCUT2D eigenvalue weighted by Crippen LogP contribution is 2.30. The third-order valence-corrected chi connectivity index (χ3v) is 6.65. The quantitative estimate of drug-likeness (QED) is 0.851. The number of carbonyl (C=O) groups is 1. The number of halogens is 1. The summed E-state index contributed by atoms with van der Waals surface area (Å²) in [6.07, 6.45) is 4.62. The van der Waals surface area contributed by atoms with Gasteiger partial charge in [-0.15, -0.1) is 11.3 Å². The van der Waals surface area contributed by atoms with Gasteiger partial charge in [-0.1, -0.05) is 12.1 Å². The Morgan fingerprint density at radius 1 is 1.19 bits per heavy atom. The first-order chi connectivity index (χ1) is 13.2. The fourth-order valence-electron chi connectivity index (χ4n) is 3.91. The Morgan fingerprint density at radius 3 is 2.67 bits per heavy atom. The van der Waals surface area contributed by atoms with Gasteiger partial charge >= 0.3 is 0 Å². The molecule has 2 aliphatic rings. The molecule has 0 bridgehead atoms. The molecule has 0 saturated carbocycles. The second-order valence-electron chi connectivity index (χ2n) is 7.19. The number of rotatable bonds is 5. The Labute approximate surface area is 163 Å². The fourth-order valence-corrected chi connectivity index (χ4v) is 5.08. The van der Waals surface area contributed by atoms with Crippen molar-refractivity contribution in [1.82, 2.24) is 10.2 Å². The van der Waals surface area contributed by atoms with Crippen LogP contribution in [0.1, 0.15) is 44.6 Å². The summed E-state index contributed by atoms with van der Waals surface area (Å²) in [7, 11) is 0. The number of fused-ring (bicyclic) bond motifs is 1. The Morgan fingerprint density at radius 2 is 1.93 bits per heavy atom. The lowest BCUT2D eigenvalue weighted by Crippen LogP contribution is -2.43. The Bertz CT molecular complexity index is 760. The zero-order valence-corrected chi connectivity index (χ0v) is 16.2. The Hall–Kier alpha value is -1.76. The lowest BCUT2D eigenvalue weighted by Gasteiger charge is -2.34. The van der Waals surface area contributed by atoms with E-state index >= 15 is 0 Å². The molecule has 0 radical (unpaired) electrons. The molecule has 2 heterocycles. The number of aryl methyl sites for hydroxylation is 2. The largest absolute Gasteiger partial charge is 0.379 e. The SMILES string of the molecule is O=C(NCC(c1ccc(F)cc1)N1CCOCC1)c1cc2c(s1)CCCC2.